The fourth-order valence-corrected chi connectivity index (χ4v) is 4.85. The van der Waals surface area contributed by atoms with E-state index in [-0.39, 0.29) is 5.04 Å². The second-order valence-electron chi connectivity index (χ2n) is 8.80. The van der Waals surface area contributed by atoms with E-state index in [0.717, 1.165) is 38.0 Å². The highest BCUT2D eigenvalue weighted by Gasteiger charge is 2.39. The maximum absolute atomic E-state index is 11.0. The van der Waals surface area contributed by atoms with Crippen LogP contribution in [-0.2, 0) is 28.5 Å². The van der Waals surface area contributed by atoms with Crippen molar-refractivity contribution in [2.45, 2.75) is 76.9 Å². The molecule has 2 aliphatic rings. The first-order valence-corrected chi connectivity index (χ1v) is 12.0. The smallest absolute Gasteiger partial charge is 0.240 e. The van der Waals surface area contributed by atoms with Gasteiger partial charge in [0.15, 0.2) is 8.32 Å². The Bertz CT molecular complexity index is 697. The number of nitrogens with zero attached hydrogens (tertiary/aromatic N) is 1. The van der Waals surface area contributed by atoms with Crippen LogP contribution in [0, 0.1) is 0 Å². The van der Waals surface area contributed by atoms with E-state index >= 15 is 0 Å². The Kier molecular flexibility index (Phi) is 4.58. The summed E-state index contributed by atoms with van der Waals surface area (Å²) >= 11 is 0. The number of isocyanates is 1. The van der Waals surface area contributed by atoms with Crippen LogP contribution in [0.5, 0.6) is 0 Å². The van der Waals surface area contributed by atoms with Crippen LogP contribution in [0.15, 0.2) is 11.1 Å². The van der Waals surface area contributed by atoms with E-state index in [4.69, 9.17) is 4.43 Å². The zero-order valence-corrected chi connectivity index (χ0v) is 16.7. The topological polar surface area (TPSA) is 38.7 Å². The van der Waals surface area contributed by atoms with Crippen LogP contribution in [0.4, 0.5) is 5.69 Å². The van der Waals surface area contributed by atoms with Crippen molar-refractivity contribution in [1.82, 2.24) is 0 Å². The van der Waals surface area contributed by atoms with Gasteiger partial charge in [0.1, 0.15) is 0 Å². The van der Waals surface area contributed by atoms with Gasteiger partial charge in [0.05, 0.1) is 5.69 Å². The van der Waals surface area contributed by atoms with E-state index in [9.17, 15) is 4.79 Å². The monoisotopic (exact) mass is 343 g/mol. The third kappa shape index (κ3) is 3.03. The number of fused-ring (bicyclic) bond motifs is 2. The maximum atomic E-state index is 11.0. The molecule has 3 rings (SSSR count). The summed E-state index contributed by atoms with van der Waals surface area (Å²) in [7, 11) is -1.76. The van der Waals surface area contributed by atoms with E-state index in [2.05, 4.69) is 44.9 Å². The van der Waals surface area contributed by atoms with Gasteiger partial charge in [0.2, 0.25) is 6.08 Å². The van der Waals surface area contributed by atoms with Gasteiger partial charge < -0.3 is 4.43 Å². The molecule has 0 spiro atoms. The zero-order valence-electron chi connectivity index (χ0n) is 15.7. The van der Waals surface area contributed by atoms with Crippen LogP contribution in [0.1, 0.15) is 61.8 Å². The van der Waals surface area contributed by atoms with E-state index < -0.39 is 8.32 Å². The molecule has 0 fully saturated rings. The van der Waals surface area contributed by atoms with E-state index in [0.29, 0.717) is 5.92 Å². The normalized spacial score (nSPS) is 19.8. The standard InChI is InChI=1S/C20H29NO2Si/c1-20(2,3)24(4,5)23-12-16-10-9-15-11-14-7-6-8-17(14)19(18(15)16)21-13-22/h11,16H,6-10,12H2,1-5H3. The third-order valence-electron chi connectivity index (χ3n) is 6.28. The summed E-state index contributed by atoms with van der Waals surface area (Å²) in [5.74, 6) is 0.368. The number of hydrogen-bond donors (Lipinski definition) is 0. The quantitative estimate of drug-likeness (QED) is 0.428. The molecule has 24 heavy (non-hydrogen) atoms. The van der Waals surface area contributed by atoms with Gasteiger partial charge in [-0.05, 0) is 72.5 Å². The van der Waals surface area contributed by atoms with Crippen LogP contribution >= 0.6 is 0 Å². The highest BCUT2D eigenvalue weighted by molar-refractivity contribution is 6.74. The Morgan fingerprint density at radius 3 is 2.67 bits per heavy atom. The predicted molar refractivity (Wildman–Crippen MR) is 100 cm³/mol. The van der Waals surface area contributed by atoms with Crippen LogP contribution in [0.25, 0.3) is 0 Å². The Morgan fingerprint density at radius 1 is 1.25 bits per heavy atom. The highest BCUT2D eigenvalue weighted by Crippen LogP contribution is 2.46. The molecule has 0 aromatic heterocycles. The fourth-order valence-electron chi connectivity index (χ4n) is 3.80. The first-order chi connectivity index (χ1) is 11.2. The zero-order chi connectivity index (χ0) is 17.5. The van der Waals surface area contributed by atoms with Gasteiger partial charge >= 0.3 is 0 Å². The molecular formula is C20H29NO2Si. The highest BCUT2D eigenvalue weighted by atomic mass is 28.4. The van der Waals surface area contributed by atoms with Crippen LogP contribution < -0.4 is 0 Å². The minimum absolute atomic E-state index is 0.218. The van der Waals surface area contributed by atoms with Crippen LogP contribution in [0.3, 0.4) is 0 Å². The molecule has 130 valence electrons. The number of rotatable bonds is 4. The summed E-state index contributed by atoms with van der Waals surface area (Å²) in [5, 5.41) is 0.218. The summed E-state index contributed by atoms with van der Waals surface area (Å²) < 4.78 is 6.49. The van der Waals surface area contributed by atoms with E-state index in [1.165, 1.54) is 28.7 Å². The van der Waals surface area contributed by atoms with Gasteiger partial charge in [-0.3, -0.25) is 0 Å². The van der Waals surface area contributed by atoms with Gasteiger partial charge in [0, 0.05) is 12.5 Å². The molecule has 1 aromatic carbocycles. The van der Waals surface area contributed by atoms with Gasteiger partial charge in [-0.2, -0.15) is 4.99 Å². The third-order valence-corrected chi connectivity index (χ3v) is 10.8. The minimum atomic E-state index is -1.76. The molecule has 1 aromatic rings. The molecule has 3 nitrogen and oxygen atoms in total. The van der Waals surface area contributed by atoms with E-state index in [1.54, 1.807) is 6.08 Å². The first-order valence-electron chi connectivity index (χ1n) is 9.14. The van der Waals surface area contributed by atoms with Crippen molar-refractivity contribution < 1.29 is 9.22 Å². The van der Waals surface area contributed by atoms with Gasteiger partial charge in [0.25, 0.3) is 0 Å². The van der Waals surface area contributed by atoms with Crippen molar-refractivity contribution in [3.05, 3.63) is 28.3 Å². The largest absolute Gasteiger partial charge is 0.416 e. The number of benzene rings is 1. The van der Waals surface area contributed by atoms with Gasteiger partial charge in [-0.15, -0.1) is 0 Å². The average molecular weight is 344 g/mol. The minimum Gasteiger partial charge on any atom is -0.416 e. The molecular weight excluding hydrogens is 314 g/mol. The van der Waals surface area contributed by atoms with Crippen molar-refractivity contribution in [2.75, 3.05) is 6.61 Å². The maximum Gasteiger partial charge on any atom is 0.240 e. The first kappa shape index (κ1) is 17.6. The molecule has 0 bridgehead atoms. The molecule has 0 amide bonds. The lowest BCUT2D eigenvalue weighted by molar-refractivity contribution is 0.262. The lowest BCUT2D eigenvalue weighted by Crippen LogP contribution is -2.41. The summed E-state index contributed by atoms with van der Waals surface area (Å²) in [4.78, 5) is 15.2. The second-order valence-corrected chi connectivity index (χ2v) is 13.6. The number of aliphatic imine (C=N–C) groups is 1. The number of hydrogen-bond acceptors (Lipinski definition) is 3. The summed E-state index contributed by atoms with van der Waals surface area (Å²) in [6.45, 7) is 12.2. The van der Waals surface area contributed by atoms with Crippen LogP contribution in [0.2, 0.25) is 18.1 Å². The Hall–Kier alpha value is -1.22. The van der Waals surface area contributed by atoms with Crippen LogP contribution in [-0.4, -0.2) is 21.0 Å². The second kappa shape index (κ2) is 6.25. The molecule has 1 atom stereocenters. The SMILES string of the molecule is CC(C)(C)[Si](C)(C)OCC1CCc2cc3c(c(N=C=O)c21)CCC3. The van der Waals surface area contributed by atoms with Crippen molar-refractivity contribution in [3.63, 3.8) is 0 Å². The summed E-state index contributed by atoms with van der Waals surface area (Å²) in [5.41, 5.74) is 6.27. The number of carbonyl (C=O) groups excluding carboxylic acids is 1. The van der Waals surface area contributed by atoms with Crippen molar-refractivity contribution >= 4 is 20.1 Å². The van der Waals surface area contributed by atoms with Crippen molar-refractivity contribution in [3.8, 4) is 0 Å². The van der Waals surface area contributed by atoms with Gasteiger partial charge in [-0.25, -0.2) is 4.79 Å². The number of aryl methyl sites for hydroxylation is 2. The molecule has 0 saturated heterocycles. The summed E-state index contributed by atoms with van der Waals surface area (Å²) in [6, 6.07) is 2.37. The lowest BCUT2D eigenvalue weighted by Gasteiger charge is -2.37. The lowest BCUT2D eigenvalue weighted by atomic mass is 9.94. The molecule has 1 unspecified atom stereocenters. The predicted octanol–water partition coefficient (Wildman–Crippen LogP) is 5.19. The molecule has 0 aliphatic heterocycles. The molecule has 0 radical (unpaired) electrons. The molecule has 2 aliphatic carbocycles. The van der Waals surface area contributed by atoms with Gasteiger partial charge in [-0.1, -0.05) is 26.8 Å². The Labute approximate surface area is 146 Å². The Balaban J connectivity index is 1.91. The van der Waals surface area contributed by atoms with Crippen molar-refractivity contribution in [1.29, 1.82) is 0 Å². The fraction of sp³-hybridized carbons (Fsp3) is 0.650. The molecule has 0 N–H and O–H groups in total. The average Bonchev–Trinajstić information content (AvgIpc) is 3.10. The molecule has 4 heteroatoms. The molecule has 0 heterocycles. The summed E-state index contributed by atoms with van der Waals surface area (Å²) in [6.07, 6.45) is 7.32. The van der Waals surface area contributed by atoms with E-state index in [1.807, 2.05) is 0 Å². The Morgan fingerprint density at radius 2 is 2.00 bits per heavy atom. The van der Waals surface area contributed by atoms with Crippen molar-refractivity contribution in [2.24, 2.45) is 4.99 Å². The molecule has 0 saturated carbocycles.